The van der Waals surface area contributed by atoms with Crippen LogP contribution in [0.15, 0.2) is 18.2 Å². The Bertz CT molecular complexity index is 403. The van der Waals surface area contributed by atoms with Crippen molar-refractivity contribution in [2.45, 2.75) is 25.9 Å². The van der Waals surface area contributed by atoms with E-state index in [0.717, 1.165) is 43.7 Å². The fourth-order valence-corrected chi connectivity index (χ4v) is 2.66. The maximum Gasteiger partial charge on any atom is 0.127 e. The van der Waals surface area contributed by atoms with Crippen LogP contribution in [0, 0.1) is 11.7 Å². The Morgan fingerprint density at radius 1 is 1.37 bits per heavy atom. The van der Waals surface area contributed by atoms with Gasteiger partial charge in [0.1, 0.15) is 5.82 Å². The summed E-state index contributed by atoms with van der Waals surface area (Å²) in [4.78, 5) is 2.31. The first kappa shape index (κ1) is 14.4. The molecule has 0 bridgehead atoms. The van der Waals surface area contributed by atoms with Gasteiger partial charge in [0.15, 0.2) is 0 Å². The highest BCUT2D eigenvalue weighted by atomic mass is 19.1. The summed E-state index contributed by atoms with van der Waals surface area (Å²) in [6.07, 6.45) is 2.26. The molecule has 1 aliphatic heterocycles. The lowest BCUT2D eigenvalue weighted by molar-refractivity contribution is 0.0963. The normalized spacial score (nSPS) is 17.8. The van der Waals surface area contributed by atoms with Crippen molar-refractivity contribution in [2.24, 2.45) is 11.7 Å². The summed E-state index contributed by atoms with van der Waals surface area (Å²) in [5.74, 6) is 0.526. The Balaban J connectivity index is 1.91. The van der Waals surface area contributed by atoms with Gasteiger partial charge in [-0.3, -0.25) is 4.90 Å². The molecule has 1 aromatic carbocycles. The molecule has 2 rings (SSSR count). The third-order valence-corrected chi connectivity index (χ3v) is 3.85. The van der Waals surface area contributed by atoms with Crippen LogP contribution in [-0.2, 0) is 17.8 Å². The number of ether oxygens (including phenoxy) is 1. The molecule has 0 atom stereocenters. The van der Waals surface area contributed by atoms with Crippen LogP contribution in [-0.4, -0.2) is 31.7 Å². The van der Waals surface area contributed by atoms with Crippen LogP contribution in [0.25, 0.3) is 0 Å². The molecule has 1 aliphatic rings. The number of benzene rings is 1. The van der Waals surface area contributed by atoms with Crippen molar-refractivity contribution in [3.63, 3.8) is 0 Å². The molecule has 4 heteroatoms. The number of nitrogens with two attached hydrogens (primary N) is 1. The van der Waals surface area contributed by atoms with Gasteiger partial charge >= 0.3 is 0 Å². The van der Waals surface area contributed by atoms with E-state index in [9.17, 15) is 4.39 Å². The van der Waals surface area contributed by atoms with E-state index in [1.807, 2.05) is 6.07 Å². The second-order valence-electron chi connectivity index (χ2n) is 5.30. The van der Waals surface area contributed by atoms with Crippen LogP contribution >= 0.6 is 0 Å². The van der Waals surface area contributed by atoms with Crippen molar-refractivity contribution in [1.82, 2.24) is 4.90 Å². The molecule has 0 radical (unpaired) electrons. The SMILES string of the molecule is COCC1CCN(Cc2cc(CN)ccc2F)CC1. The molecular weight excluding hydrogens is 243 g/mol. The zero-order valence-corrected chi connectivity index (χ0v) is 11.6. The molecule has 0 amide bonds. The number of rotatable bonds is 5. The van der Waals surface area contributed by atoms with Crippen LogP contribution < -0.4 is 5.73 Å². The number of methoxy groups -OCH3 is 1. The van der Waals surface area contributed by atoms with Crippen LogP contribution in [0.3, 0.4) is 0 Å². The third kappa shape index (κ3) is 4.00. The fourth-order valence-electron chi connectivity index (χ4n) is 2.66. The highest BCUT2D eigenvalue weighted by molar-refractivity contribution is 5.25. The minimum Gasteiger partial charge on any atom is -0.384 e. The topological polar surface area (TPSA) is 38.5 Å². The van der Waals surface area contributed by atoms with Gasteiger partial charge in [-0.1, -0.05) is 12.1 Å². The van der Waals surface area contributed by atoms with Crippen LogP contribution in [0.4, 0.5) is 4.39 Å². The Labute approximate surface area is 114 Å². The molecule has 0 aromatic heterocycles. The Hall–Kier alpha value is -0.970. The van der Waals surface area contributed by atoms with E-state index >= 15 is 0 Å². The number of hydrogen-bond donors (Lipinski definition) is 1. The van der Waals surface area contributed by atoms with E-state index in [1.54, 1.807) is 13.2 Å². The third-order valence-electron chi connectivity index (χ3n) is 3.85. The largest absolute Gasteiger partial charge is 0.384 e. The van der Waals surface area contributed by atoms with Crippen LogP contribution in [0.2, 0.25) is 0 Å². The molecule has 1 fully saturated rings. The minimum absolute atomic E-state index is 0.129. The predicted molar refractivity (Wildman–Crippen MR) is 74.2 cm³/mol. The second kappa shape index (κ2) is 6.98. The highest BCUT2D eigenvalue weighted by Crippen LogP contribution is 2.20. The maximum atomic E-state index is 13.8. The van der Waals surface area contributed by atoms with Crippen molar-refractivity contribution in [1.29, 1.82) is 0 Å². The number of likely N-dealkylation sites (tertiary alicyclic amines) is 1. The molecule has 1 heterocycles. The molecule has 106 valence electrons. The average Bonchev–Trinajstić information content (AvgIpc) is 2.44. The van der Waals surface area contributed by atoms with Gasteiger partial charge in [0, 0.05) is 32.4 Å². The Kier molecular flexibility index (Phi) is 5.31. The van der Waals surface area contributed by atoms with Gasteiger partial charge in [-0.05, 0) is 43.5 Å². The first-order valence-corrected chi connectivity index (χ1v) is 6.91. The average molecular weight is 266 g/mol. The van der Waals surface area contributed by atoms with Gasteiger partial charge < -0.3 is 10.5 Å². The summed E-state index contributed by atoms with van der Waals surface area (Å²) in [6.45, 7) is 4.01. The molecule has 1 aromatic rings. The number of hydrogen-bond acceptors (Lipinski definition) is 3. The smallest absolute Gasteiger partial charge is 0.127 e. The lowest BCUT2D eigenvalue weighted by Gasteiger charge is -2.31. The summed E-state index contributed by atoms with van der Waals surface area (Å²) in [6, 6.07) is 5.16. The molecule has 0 aliphatic carbocycles. The zero-order chi connectivity index (χ0) is 13.7. The molecule has 0 unspecified atom stereocenters. The highest BCUT2D eigenvalue weighted by Gasteiger charge is 2.19. The molecule has 3 nitrogen and oxygen atoms in total. The molecule has 19 heavy (non-hydrogen) atoms. The van der Waals surface area contributed by atoms with Gasteiger partial charge in [-0.25, -0.2) is 4.39 Å². The van der Waals surface area contributed by atoms with Crippen molar-refractivity contribution < 1.29 is 9.13 Å². The van der Waals surface area contributed by atoms with E-state index in [-0.39, 0.29) is 5.82 Å². The standard InChI is InChI=1S/C15H23FN2O/c1-19-11-12-4-6-18(7-5-12)10-14-8-13(9-17)2-3-15(14)16/h2-3,8,12H,4-7,9-11,17H2,1H3. The first-order chi connectivity index (χ1) is 9.22. The minimum atomic E-state index is -0.129. The quantitative estimate of drug-likeness (QED) is 0.887. The second-order valence-corrected chi connectivity index (χ2v) is 5.30. The number of piperidine rings is 1. The summed E-state index contributed by atoms with van der Waals surface area (Å²) >= 11 is 0. The maximum absolute atomic E-state index is 13.8. The summed E-state index contributed by atoms with van der Waals surface area (Å²) < 4.78 is 19.0. The molecule has 0 saturated carbocycles. The van der Waals surface area contributed by atoms with Crippen molar-refractivity contribution in [3.05, 3.63) is 35.1 Å². The van der Waals surface area contributed by atoms with Gasteiger partial charge in [-0.15, -0.1) is 0 Å². The zero-order valence-electron chi connectivity index (χ0n) is 11.6. The van der Waals surface area contributed by atoms with Crippen molar-refractivity contribution >= 4 is 0 Å². The Morgan fingerprint density at radius 3 is 2.74 bits per heavy atom. The molecule has 0 spiro atoms. The van der Waals surface area contributed by atoms with Crippen molar-refractivity contribution in [2.75, 3.05) is 26.8 Å². The lowest BCUT2D eigenvalue weighted by Crippen LogP contribution is -2.34. The van der Waals surface area contributed by atoms with Gasteiger partial charge in [0.2, 0.25) is 0 Å². The Morgan fingerprint density at radius 2 is 2.11 bits per heavy atom. The lowest BCUT2D eigenvalue weighted by atomic mass is 9.97. The number of halogens is 1. The first-order valence-electron chi connectivity index (χ1n) is 6.91. The summed E-state index contributed by atoms with van der Waals surface area (Å²) in [7, 11) is 1.75. The van der Waals surface area contributed by atoms with E-state index < -0.39 is 0 Å². The van der Waals surface area contributed by atoms with Crippen LogP contribution in [0.1, 0.15) is 24.0 Å². The van der Waals surface area contributed by atoms with E-state index in [1.165, 1.54) is 6.07 Å². The monoisotopic (exact) mass is 266 g/mol. The van der Waals surface area contributed by atoms with Gasteiger partial charge in [0.05, 0.1) is 0 Å². The molecule has 2 N–H and O–H groups in total. The molecule has 1 saturated heterocycles. The summed E-state index contributed by atoms with van der Waals surface area (Å²) in [5.41, 5.74) is 7.35. The van der Waals surface area contributed by atoms with Gasteiger partial charge in [-0.2, -0.15) is 0 Å². The molecular formula is C15H23FN2O. The van der Waals surface area contributed by atoms with Gasteiger partial charge in [0.25, 0.3) is 0 Å². The summed E-state index contributed by atoms with van der Waals surface area (Å²) in [5, 5.41) is 0. The van der Waals surface area contributed by atoms with E-state index in [4.69, 9.17) is 10.5 Å². The van der Waals surface area contributed by atoms with Crippen molar-refractivity contribution in [3.8, 4) is 0 Å². The van der Waals surface area contributed by atoms with E-state index in [2.05, 4.69) is 4.90 Å². The van der Waals surface area contributed by atoms with Crippen LogP contribution in [0.5, 0.6) is 0 Å². The van der Waals surface area contributed by atoms with E-state index in [0.29, 0.717) is 19.0 Å². The number of nitrogens with zero attached hydrogens (tertiary/aromatic N) is 1. The fraction of sp³-hybridized carbons (Fsp3) is 0.600. The predicted octanol–water partition coefficient (Wildman–Crippen LogP) is 2.14.